The molecule has 0 amide bonds. The molecule has 5 heterocycles. The Morgan fingerprint density at radius 3 is 1.94 bits per heavy atom. The molecule has 0 bridgehead atoms. The molecule has 9 rings (SSSR count). The molecule has 0 saturated carbocycles. The van der Waals surface area contributed by atoms with Gasteiger partial charge in [0.05, 0.1) is 16.1 Å². The van der Waals surface area contributed by atoms with Gasteiger partial charge in [0, 0.05) is 38.7 Å². The maximum Gasteiger partial charge on any atom is 0.150 e. The van der Waals surface area contributed by atoms with Crippen LogP contribution in [0, 0.1) is 6.07 Å². The Bertz CT molecular complexity index is 2130. The molecule has 2 aliphatic heterocycles. The summed E-state index contributed by atoms with van der Waals surface area (Å²) in [5, 5.41) is 11.1. The zero-order chi connectivity index (χ0) is 31.5. The molecule has 5 nitrogen and oxygen atoms in total. The first-order valence-electron chi connectivity index (χ1n) is 15.5. The summed E-state index contributed by atoms with van der Waals surface area (Å²) in [5.41, 5.74) is 3.96. The van der Waals surface area contributed by atoms with Crippen molar-refractivity contribution in [2.75, 3.05) is 0 Å². The quantitative estimate of drug-likeness (QED) is 0.148. The van der Waals surface area contributed by atoms with Gasteiger partial charge >= 0.3 is 0 Å². The molecular weight excluding hydrogens is 806 g/mol. The molecule has 0 N–H and O–H groups in total. The van der Waals surface area contributed by atoms with E-state index in [-0.39, 0.29) is 20.1 Å². The van der Waals surface area contributed by atoms with Crippen molar-refractivity contribution in [2.45, 2.75) is 26.2 Å². The molecule has 4 aromatic carbocycles. The van der Waals surface area contributed by atoms with E-state index in [1.54, 1.807) is 49.9 Å². The second-order valence-corrected chi connectivity index (χ2v) is 23.5. The van der Waals surface area contributed by atoms with Crippen LogP contribution >= 0.6 is 7.92 Å². The van der Waals surface area contributed by atoms with Crippen molar-refractivity contribution in [2.24, 2.45) is 0 Å². The summed E-state index contributed by atoms with van der Waals surface area (Å²) < 4.78 is 0. The number of nitrogens with zero attached hydrogens (tertiary/aromatic N) is 5. The largest absolute Gasteiger partial charge is 0.433 e. The number of benzene rings is 4. The van der Waals surface area contributed by atoms with Crippen molar-refractivity contribution in [3.63, 3.8) is 0 Å². The number of pyridine rings is 1. The van der Waals surface area contributed by atoms with E-state index in [0.29, 0.717) is 11.6 Å². The van der Waals surface area contributed by atoms with E-state index in [9.17, 15) is 0 Å². The van der Waals surface area contributed by atoms with Crippen LogP contribution in [-0.4, -0.2) is 36.1 Å². The van der Waals surface area contributed by atoms with E-state index in [1.807, 2.05) is 36.5 Å². The first-order chi connectivity index (χ1) is 22.3. The van der Waals surface area contributed by atoms with Crippen LogP contribution in [0.3, 0.4) is 0 Å². The first kappa shape index (κ1) is 31.7. The van der Waals surface area contributed by atoms with Crippen molar-refractivity contribution in [1.82, 2.24) is 24.9 Å². The summed E-state index contributed by atoms with van der Waals surface area (Å²) in [4.78, 5) is 21.6. The number of rotatable bonds is 2. The number of aromatic nitrogens is 5. The fourth-order valence-corrected chi connectivity index (χ4v) is 19.5. The molecule has 7 aromatic rings. The summed E-state index contributed by atoms with van der Waals surface area (Å²) in [5.74, 6) is 1.14. The predicted molar refractivity (Wildman–Crippen MR) is 197 cm³/mol. The second-order valence-electron chi connectivity index (χ2n) is 12.8. The van der Waals surface area contributed by atoms with Crippen LogP contribution in [0.4, 0.5) is 0 Å². The van der Waals surface area contributed by atoms with Crippen LogP contribution in [-0.2, 0) is 20.1 Å². The Balaban J connectivity index is 0.000000184. The molecule has 0 fully saturated rings. The van der Waals surface area contributed by atoms with Gasteiger partial charge in [-0.2, -0.15) is 0 Å². The fourth-order valence-electron chi connectivity index (χ4n) is 6.86. The van der Waals surface area contributed by atoms with Crippen molar-refractivity contribution < 1.29 is 20.1 Å². The zero-order valence-electron chi connectivity index (χ0n) is 26.6. The maximum atomic E-state index is 4.70. The normalized spacial score (nSPS) is 16.0. The standard InChI is InChI=1S/C27H25NPSi2.C11H7N4.Ir/c1-30(2)23-14-7-5-12-21(23)29-22-13-6-8-15-24(22)31(3,4)26-18-19(17-25(30)27(26)29)20-11-9-10-16-28-20;1-2-5-9-8(4-1)14-11(15-9)10-12-6-3-7-13-10;/h5-17H,1-4H3;1-7H;/q2*-1;. The number of hydrogen-bond donors (Lipinski definition) is 0. The minimum atomic E-state index is -1.88. The zero-order valence-corrected chi connectivity index (χ0v) is 31.9. The van der Waals surface area contributed by atoms with E-state index < -0.39 is 24.1 Å². The van der Waals surface area contributed by atoms with Gasteiger partial charge in [-0.1, -0.05) is 124 Å². The molecule has 0 spiro atoms. The molecule has 1 radical (unpaired) electrons. The van der Waals surface area contributed by atoms with Gasteiger partial charge in [-0.05, 0) is 55.7 Å². The van der Waals surface area contributed by atoms with Crippen molar-refractivity contribution in [1.29, 1.82) is 0 Å². The summed E-state index contributed by atoms with van der Waals surface area (Å²) in [7, 11) is -4.26. The Kier molecular flexibility index (Phi) is 8.27. The average Bonchev–Trinajstić information content (AvgIpc) is 3.54. The molecule has 0 aliphatic carbocycles. The van der Waals surface area contributed by atoms with Gasteiger partial charge in [0.2, 0.25) is 0 Å². The number of hydrogen-bond acceptors (Lipinski definition) is 4. The number of para-hydroxylation sites is 2. The monoisotopic (exact) mass is 838 g/mol. The topological polar surface area (TPSA) is 65.7 Å². The Labute approximate surface area is 292 Å². The second kappa shape index (κ2) is 12.3. The van der Waals surface area contributed by atoms with Crippen molar-refractivity contribution in [3.8, 4) is 22.9 Å². The summed E-state index contributed by atoms with van der Waals surface area (Å²) in [6.45, 7) is 10.1. The molecule has 9 heteroatoms. The van der Waals surface area contributed by atoms with Crippen LogP contribution in [0.5, 0.6) is 0 Å². The predicted octanol–water partition coefficient (Wildman–Crippen LogP) is 4.23. The minimum Gasteiger partial charge on any atom is -0.433 e. The van der Waals surface area contributed by atoms with E-state index in [0.717, 1.165) is 16.7 Å². The molecule has 0 saturated heterocycles. The molecule has 1 unspecified atom stereocenters. The van der Waals surface area contributed by atoms with E-state index in [2.05, 4.69) is 119 Å². The van der Waals surface area contributed by atoms with E-state index in [1.165, 1.54) is 10.8 Å². The van der Waals surface area contributed by atoms with Crippen LogP contribution < -0.4 is 41.6 Å². The van der Waals surface area contributed by atoms with Gasteiger partial charge in [-0.3, -0.25) is 0 Å². The molecule has 1 atom stereocenters. The van der Waals surface area contributed by atoms with Gasteiger partial charge in [0.15, 0.2) is 5.82 Å². The molecule has 2 aliphatic rings. The van der Waals surface area contributed by atoms with Crippen molar-refractivity contribution in [3.05, 3.63) is 128 Å². The van der Waals surface area contributed by atoms with Gasteiger partial charge < -0.3 is 15.0 Å². The SMILES string of the molecule is C[Si]1(C)c2[c-]c(-c3ccccn3)cc3c2P(c2ccccc21)c1ccccc1[Si]3(C)C.[Ir].c1cnc(-c2nc3ccccc3[n-]2)nc1. The van der Waals surface area contributed by atoms with Gasteiger partial charge in [-0.15, -0.1) is 28.1 Å². The van der Waals surface area contributed by atoms with Gasteiger partial charge in [-0.25, -0.2) is 9.97 Å². The third kappa shape index (κ3) is 5.29. The first-order valence-corrected chi connectivity index (χ1v) is 22.9. The summed E-state index contributed by atoms with van der Waals surface area (Å²) in [6, 6.07) is 40.7. The third-order valence-corrected chi connectivity index (χ3v) is 19.7. The van der Waals surface area contributed by atoms with E-state index in [4.69, 9.17) is 4.98 Å². The minimum absolute atomic E-state index is 0. The summed E-state index contributed by atoms with van der Waals surface area (Å²) in [6.07, 6.45) is 5.27. The Morgan fingerprint density at radius 2 is 1.26 bits per heavy atom. The van der Waals surface area contributed by atoms with Crippen LogP contribution in [0.1, 0.15) is 0 Å². The van der Waals surface area contributed by atoms with Gasteiger partial charge in [0.1, 0.15) is 0 Å². The van der Waals surface area contributed by atoms with Gasteiger partial charge in [0.25, 0.3) is 0 Å². The number of imidazole rings is 1. The van der Waals surface area contributed by atoms with E-state index >= 15 is 0 Å². The van der Waals surface area contributed by atoms with Crippen LogP contribution in [0.2, 0.25) is 26.2 Å². The molecule has 47 heavy (non-hydrogen) atoms. The average molecular weight is 838 g/mol. The Morgan fingerprint density at radius 1 is 0.638 bits per heavy atom. The number of fused-ring (bicyclic) bond motifs is 5. The van der Waals surface area contributed by atoms with Crippen LogP contribution in [0.15, 0.2) is 122 Å². The smallest absolute Gasteiger partial charge is 0.150 e. The Hall–Kier alpha value is -3.91. The fraction of sp³-hybridized carbons (Fsp3) is 0.105. The van der Waals surface area contributed by atoms with Crippen LogP contribution in [0.25, 0.3) is 33.9 Å². The molecule has 3 aromatic heterocycles. The maximum absolute atomic E-state index is 4.70. The third-order valence-electron chi connectivity index (χ3n) is 9.24. The molecule has 233 valence electrons. The van der Waals surface area contributed by atoms with Crippen molar-refractivity contribution >= 4 is 71.8 Å². The molecular formula is C38H32IrN5PSi2-2. The summed E-state index contributed by atoms with van der Waals surface area (Å²) >= 11 is 0.